The van der Waals surface area contributed by atoms with E-state index in [1.165, 1.54) is 31.8 Å². The fourth-order valence-corrected chi connectivity index (χ4v) is 5.64. The van der Waals surface area contributed by atoms with Crippen molar-refractivity contribution in [3.63, 3.8) is 0 Å². The van der Waals surface area contributed by atoms with Gasteiger partial charge in [0.1, 0.15) is 11.5 Å². The van der Waals surface area contributed by atoms with Crippen molar-refractivity contribution < 1.29 is 9.47 Å². The van der Waals surface area contributed by atoms with Gasteiger partial charge in [-0.05, 0) is 76.3 Å². The lowest BCUT2D eigenvalue weighted by Crippen LogP contribution is -1.89. The Hall–Kier alpha value is -4.28. The molecule has 6 rings (SSSR count). The summed E-state index contributed by atoms with van der Waals surface area (Å²) in [5, 5.41) is 1.19. The summed E-state index contributed by atoms with van der Waals surface area (Å²) in [6, 6.07) is 38.2. The van der Waals surface area contributed by atoms with E-state index in [4.69, 9.17) is 9.47 Å². The molecule has 36 heavy (non-hydrogen) atoms. The molecule has 1 N–H and O–H groups in total. The molecule has 4 heteroatoms. The topological polar surface area (TPSA) is 34.2 Å². The van der Waals surface area contributed by atoms with Gasteiger partial charge < -0.3 is 14.5 Å². The van der Waals surface area contributed by atoms with Gasteiger partial charge in [-0.1, -0.05) is 60.7 Å². The Morgan fingerprint density at radius 2 is 1.22 bits per heavy atom. The zero-order chi connectivity index (χ0) is 24.5. The van der Waals surface area contributed by atoms with Gasteiger partial charge in [0.05, 0.1) is 24.8 Å². The number of fused-ring (bicyclic) bond motifs is 1. The molecule has 0 unspecified atom stereocenters. The third-order valence-electron chi connectivity index (χ3n) is 6.51. The van der Waals surface area contributed by atoms with E-state index >= 15 is 0 Å². The van der Waals surface area contributed by atoms with Crippen molar-refractivity contribution >= 4 is 22.2 Å². The fraction of sp³-hybridized carbons (Fsp3) is 0.0625. The van der Waals surface area contributed by atoms with E-state index in [2.05, 4.69) is 89.9 Å². The molecule has 0 aliphatic carbocycles. The Balaban J connectivity index is 1.51. The fourth-order valence-electron chi connectivity index (χ4n) is 4.66. The minimum absolute atomic E-state index is 0.846. The van der Waals surface area contributed by atoms with Crippen LogP contribution in [-0.4, -0.2) is 19.2 Å². The molecule has 0 fully saturated rings. The van der Waals surface area contributed by atoms with E-state index in [1.807, 2.05) is 24.3 Å². The lowest BCUT2D eigenvalue weighted by Gasteiger charge is -2.13. The molecule has 2 aromatic heterocycles. The first-order valence-corrected chi connectivity index (χ1v) is 12.7. The molecule has 4 aromatic carbocycles. The van der Waals surface area contributed by atoms with Gasteiger partial charge in [-0.3, -0.25) is 0 Å². The number of aromatic amines is 1. The summed E-state index contributed by atoms with van der Waals surface area (Å²) in [4.78, 5) is 6.15. The zero-order valence-corrected chi connectivity index (χ0v) is 20.9. The predicted molar refractivity (Wildman–Crippen MR) is 151 cm³/mol. The summed E-state index contributed by atoms with van der Waals surface area (Å²) in [6.07, 6.45) is 0. The first-order chi connectivity index (χ1) is 17.7. The van der Waals surface area contributed by atoms with Crippen molar-refractivity contribution in [1.29, 1.82) is 0 Å². The van der Waals surface area contributed by atoms with Crippen molar-refractivity contribution in [1.82, 2.24) is 4.98 Å². The van der Waals surface area contributed by atoms with Crippen LogP contribution in [0.5, 0.6) is 11.5 Å². The molecule has 0 bridgehead atoms. The van der Waals surface area contributed by atoms with Gasteiger partial charge in [0, 0.05) is 15.8 Å². The molecule has 2 heterocycles. The minimum Gasteiger partial charge on any atom is -0.497 e. The highest BCUT2D eigenvalue weighted by Crippen LogP contribution is 2.42. The maximum Gasteiger partial charge on any atom is 0.118 e. The summed E-state index contributed by atoms with van der Waals surface area (Å²) >= 11 is 1.80. The van der Waals surface area contributed by atoms with Crippen molar-refractivity contribution in [2.75, 3.05) is 14.2 Å². The van der Waals surface area contributed by atoms with Crippen LogP contribution < -0.4 is 9.47 Å². The van der Waals surface area contributed by atoms with Crippen LogP contribution in [0.25, 0.3) is 54.2 Å². The van der Waals surface area contributed by atoms with E-state index in [9.17, 15) is 0 Å². The van der Waals surface area contributed by atoms with E-state index in [-0.39, 0.29) is 0 Å². The first-order valence-electron chi connectivity index (χ1n) is 11.8. The minimum atomic E-state index is 0.846. The summed E-state index contributed by atoms with van der Waals surface area (Å²) < 4.78 is 10.8. The number of methoxy groups -OCH3 is 2. The lowest BCUT2D eigenvalue weighted by molar-refractivity contribution is 0.414. The van der Waals surface area contributed by atoms with Crippen LogP contribution in [0.2, 0.25) is 0 Å². The summed E-state index contributed by atoms with van der Waals surface area (Å²) in [7, 11) is 3.39. The van der Waals surface area contributed by atoms with Crippen LogP contribution in [0.1, 0.15) is 0 Å². The Labute approximate surface area is 214 Å². The normalized spacial score (nSPS) is 11.1. The highest BCUT2D eigenvalue weighted by Gasteiger charge is 2.16. The van der Waals surface area contributed by atoms with Crippen LogP contribution in [0.3, 0.4) is 0 Å². The standard InChI is InChI=1S/C32H25NO2S/c1-34-24-12-8-21(9-13-24)26-16-17-28-27(32(26)23-10-14-25(35-2)15-11-23)20-29(33-28)31-19-18-30(36-31)22-6-4-3-5-7-22/h3-20,33H,1-2H3. The Bertz CT molecular complexity index is 1630. The van der Waals surface area contributed by atoms with Gasteiger partial charge in [-0.25, -0.2) is 0 Å². The summed E-state index contributed by atoms with van der Waals surface area (Å²) in [6.45, 7) is 0. The summed E-state index contributed by atoms with van der Waals surface area (Å²) in [5.74, 6) is 1.69. The van der Waals surface area contributed by atoms with Gasteiger partial charge in [0.25, 0.3) is 0 Å². The number of nitrogens with one attached hydrogen (secondary N) is 1. The number of ether oxygens (including phenoxy) is 2. The van der Waals surface area contributed by atoms with Crippen LogP contribution in [0.15, 0.2) is 109 Å². The quantitative estimate of drug-likeness (QED) is 0.254. The first kappa shape index (κ1) is 22.2. The molecule has 0 amide bonds. The van der Waals surface area contributed by atoms with Crippen molar-refractivity contribution in [3.8, 4) is 54.8 Å². The van der Waals surface area contributed by atoms with Crippen LogP contribution >= 0.6 is 11.3 Å². The monoisotopic (exact) mass is 487 g/mol. The second-order valence-corrected chi connectivity index (χ2v) is 9.70. The van der Waals surface area contributed by atoms with Crippen molar-refractivity contribution in [3.05, 3.63) is 109 Å². The predicted octanol–water partition coefficient (Wildman–Crippen LogP) is 8.91. The highest BCUT2D eigenvalue weighted by atomic mass is 32.1. The van der Waals surface area contributed by atoms with Gasteiger partial charge >= 0.3 is 0 Å². The third kappa shape index (κ3) is 4.06. The molecule has 0 atom stereocenters. The van der Waals surface area contributed by atoms with E-state index < -0.39 is 0 Å². The molecule has 6 aromatic rings. The summed E-state index contributed by atoms with van der Waals surface area (Å²) in [5.41, 5.74) is 8.15. The van der Waals surface area contributed by atoms with Gasteiger partial charge in [0.15, 0.2) is 0 Å². The maximum atomic E-state index is 5.41. The van der Waals surface area contributed by atoms with Crippen LogP contribution in [-0.2, 0) is 0 Å². The number of hydrogen-bond acceptors (Lipinski definition) is 3. The van der Waals surface area contributed by atoms with Crippen LogP contribution in [0, 0.1) is 0 Å². The average Bonchev–Trinajstić information content (AvgIpc) is 3.61. The second-order valence-electron chi connectivity index (χ2n) is 8.62. The van der Waals surface area contributed by atoms with Gasteiger partial charge in [0.2, 0.25) is 0 Å². The number of aromatic nitrogens is 1. The Morgan fingerprint density at radius 3 is 1.89 bits per heavy atom. The maximum absolute atomic E-state index is 5.41. The molecule has 3 nitrogen and oxygen atoms in total. The van der Waals surface area contributed by atoms with E-state index in [0.717, 1.165) is 33.8 Å². The molecule has 176 valence electrons. The SMILES string of the molecule is COc1ccc(-c2ccc3[nH]c(-c4ccc(-c5ccccc5)s4)cc3c2-c2ccc(OC)cc2)cc1. The third-order valence-corrected chi connectivity index (χ3v) is 7.68. The average molecular weight is 488 g/mol. The largest absolute Gasteiger partial charge is 0.497 e. The number of H-pyrrole nitrogens is 1. The van der Waals surface area contributed by atoms with Crippen LogP contribution in [0.4, 0.5) is 0 Å². The highest BCUT2D eigenvalue weighted by molar-refractivity contribution is 7.18. The number of benzene rings is 4. The second kappa shape index (κ2) is 9.40. The number of rotatable bonds is 6. The smallest absolute Gasteiger partial charge is 0.118 e. The van der Waals surface area contributed by atoms with Crippen molar-refractivity contribution in [2.45, 2.75) is 0 Å². The number of thiophene rings is 1. The van der Waals surface area contributed by atoms with E-state index in [0.29, 0.717) is 0 Å². The molecule has 0 radical (unpaired) electrons. The Kier molecular flexibility index (Phi) is 5.80. The van der Waals surface area contributed by atoms with E-state index in [1.54, 1.807) is 25.6 Å². The van der Waals surface area contributed by atoms with Gasteiger partial charge in [-0.2, -0.15) is 0 Å². The molecular weight excluding hydrogens is 462 g/mol. The van der Waals surface area contributed by atoms with Crippen molar-refractivity contribution in [2.24, 2.45) is 0 Å². The molecular formula is C32H25NO2S. The molecule has 0 aliphatic rings. The molecule has 0 aliphatic heterocycles. The zero-order valence-electron chi connectivity index (χ0n) is 20.1. The lowest BCUT2D eigenvalue weighted by atomic mass is 9.91. The molecule has 0 saturated heterocycles. The Morgan fingerprint density at radius 1 is 0.583 bits per heavy atom. The molecule has 0 spiro atoms. The molecule has 0 saturated carbocycles. The number of hydrogen-bond donors (Lipinski definition) is 1. The van der Waals surface area contributed by atoms with Gasteiger partial charge in [-0.15, -0.1) is 11.3 Å².